The van der Waals surface area contributed by atoms with E-state index < -0.39 is 5.82 Å². The van der Waals surface area contributed by atoms with Crippen molar-refractivity contribution in [1.82, 2.24) is 4.90 Å². The zero-order valence-electron chi connectivity index (χ0n) is 9.04. The van der Waals surface area contributed by atoms with Gasteiger partial charge in [-0.1, -0.05) is 6.07 Å². The van der Waals surface area contributed by atoms with Gasteiger partial charge in [0.2, 0.25) is 0 Å². The number of hydrogen-bond acceptors (Lipinski definition) is 1. The standard InChI is InChI=1S/C12H13BrFNO/c1-15(8-4-2-5-8)12(16)11-9(13)6-3-7-10(11)14/h3,6-8H,2,4-5H2,1H3. The number of halogens is 2. The van der Waals surface area contributed by atoms with Crippen LogP contribution >= 0.6 is 15.9 Å². The molecule has 1 aromatic rings. The van der Waals surface area contributed by atoms with Crippen LogP contribution in [0, 0.1) is 5.82 Å². The van der Waals surface area contributed by atoms with Gasteiger partial charge in [0.25, 0.3) is 5.91 Å². The second-order valence-electron chi connectivity index (χ2n) is 4.10. The Hall–Kier alpha value is -0.900. The molecule has 0 unspecified atom stereocenters. The van der Waals surface area contributed by atoms with E-state index in [2.05, 4.69) is 15.9 Å². The predicted molar refractivity (Wildman–Crippen MR) is 63.8 cm³/mol. The van der Waals surface area contributed by atoms with Crippen molar-refractivity contribution in [2.75, 3.05) is 7.05 Å². The molecule has 0 saturated heterocycles. The fraction of sp³-hybridized carbons (Fsp3) is 0.417. The molecule has 0 bridgehead atoms. The van der Waals surface area contributed by atoms with Crippen molar-refractivity contribution in [1.29, 1.82) is 0 Å². The van der Waals surface area contributed by atoms with E-state index in [4.69, 9.17) is 0 Å². The van der Waals surface area contributed by atoms with Gasteiger partial charge in [0.1, 0.15) is 5.82 Å². The molecular weight excluding hydrogens is 273 g/mol. The Kier molecular flexibility index (Phi) is 3.28. The summed E-state index contributed by atoms with van der Waals surface area (Å²) in [5.41, 5.74) is 0.136. The van der Waals surface area contributed by atoms with Gasteiger partial charge in [-0.25, -0.2) is 4.39 Å². The first kappa shape index (κ1) is 11.6. The summed E-state index contributed by atoms with van der Waals surface area (Å²) in [6.07, 6.45) is 3.20. The van der Waals surface area contributed by atoms with Crippen LogP contribution in [0.1, 0.15) is 29.6 Å². The summed E-state index contributed by atoms with van der Waals surface area (Å²) in [4.78, 5) is 13.7. The van der Waals surface area contributed by atoms with Crippen molar-refractivity contribution in [3.63, 3.8) is 0 Å². The average Bonchev–Trinajstić information content (AvgIpc) is 2.14. The number of amides is 1. The largest absolute Gasteiger partial charge is 0.339 e. The highest BCUT2D eigenvalue weighted by Gasteiger charge is 2.28. The minimum atomic E-state index is -0.467. The molecule has 0 aliphatic heterocycles. The lowest BCUT2D eigenvalue weighted by Gasteiger charge is -2.35. The Bertz CT molecular complexity index is 397. The lowest BCUT2D eigenvalue weighted by atomic mass is 9.91. The maximum atomic E-state index is 13.6. The molecule has 0 radical (unpaired) electrons. The van der Waals surface area contributed by atoms with Crippen molar-refractivity contribution < 1.29 is 9.18 Å². The van der Waals surface area contributed by atoms with Gasteiger partial charge in [0.15, 0.2) is 0 Å². The third kappa shape index (κ3) is 1.98. The first-order chi connectivity index (χ1) is 7.61. The normalized spacial score (nSPS) is 15.7. The Labute approximate surface area is 103 Å². The van der Waals surface area contributed by atoms with E-state index in [1.807, 2.05) is 0 Å². The minimum absolute atomic E-state index is 0.136. The molecule has 16 heavy (non-hydrogen) atoms. The molecule has 1 aliphatic rings. The van der Waals surface area contributed by atoms with E-state index in [0.717, 1.165) is 19.3 Å². The molecule has 0 spiro atoms. The summed E-state index contributed by atoms with van der Waals surface area (Å²) < 4.78 is 14.1. The van der Waals surface area contributed by atoms with Crippen LogP contribution in [0.4, 0.5) is 4.39 Å². The van der Waals surface area contributed by atoms with Gasteiger partial charge in [-0.2, -0.15) is 0 Å². The zero-order chi connectivity index (χ0) is 11.7. The lowest BCUT2D eigenvalue weighted by molar-refractivity contribution is 0.0646. The Morgan fingerprint density at radius 3 is 2.69 bits per heavy atom. The van der Waals surface area contributed by atoms with Crippen molar-refractivity contribution in [2.24, 2.45) is 0 Å². The molecule has 1 aromatic carbocycles. The first-order valence-electron chi connectivity index (χ1n) is 5.32. The molecular formula is C12H13BrFNO. The Morgan fingerprint density at radius 2 is 2.19 bits per heavy atom. The molecule has 1 aliphatic carbocycles. The van der Waals surface area contributed by atoms with E-state index in [0.29, 0.717) is 4.47 Å². The van der Waals surface area contributed by atoms with Gasteiger partial charge in [0.05, 0.1) is 5.56 Å². The summed E-state index contributed by atoms with van der Waals surface area (Å²) in [5.74, 6) is -0.708. The van der Waals surface area contributed by atoms with Crippen LogP contribution in [0.25, 0.3) is 0 Å². The van der Waals surface area contributed by atoms with Gasteiger partial charge in [0, 0.05) is 17.6 Å². The fourth-order valence-electron chi connectivity index (χ4n) is 1.82. The molecule has 0 heterocycles. The number of carbonyl (C=O) groups excluding carboxylic acids is 1. The fourth-order valence-corrected chi connectivity index (χ4v) is 2.33. The van der Waals surface area contributed by atoms with Crippen LogP contribution in [0.2, 0.25) is 0 Å². The second kappa shape index (κ2) is 4.53. The molecule has 1 saturated carbocycles. The van der Waals surface area contributed by atoms with Gasteiger partial charge >= 0.3 is 0 Å². The third-order valence-corrected chi connectivity index (χ3v) is 3.78. The van der Waals surface area contributed by atoms with E-state index in [1.54, 1.807) is 24.1 Å². The second-order valence-corrected chi connectivity index (χ2v) is 4.95. The van der Waals surface area contributed by atoms with Crippen molar-refractivity contribution in [3.8, 4) is 0 Å². The Morgan fingerprint density at radius 1 is 1.50 bits per heavy atom. The van der Waals surface area contributed by atoms with Gasteiger partial charge in [-0.05, 0) is 47.3 Å². The van der Waals surface area contributed by atoms with Gasteiger partial charge in [-0.3, -0.25) is 4.79 Å². The molecule has 86 valence electrons. The summed E-state index contributed by atoms with van der Waals surface area (Å²) in [5, 5.41) is 0. The molecule has 4 heteroatoms. The molecule has 2 rings (SSSR count). The average molecular weight is 286 g/mol. The van der Waals surface area contributed by atoms with E-state index in [9.17, 15) is 9.18 Å². The van der Waals surface area contributed by atoms with Crippen LogP contribution in [0.5, 0.6) is 0 Å². The van der Waals surface area contributed by atoms with Crippen LogP contribution in [-0.2, 0) is 0 Å². The smallest absolute Gasteiger partial charge is 0.257 e. The van der Waals surface area contributed by atoms with Crippen molar-refractivity contribution in [3.05, 3.63) is 34.1 Å². The topological polar surface area (TPSA) is 20.3 Å². The highest BCUT2D eigenvalue weighted by atomic mass is 79.9. The predicted octanol–water partition coefficient (Wildman–Crippen LogP) is 3.21. The monoisotopic (exact) mass is 285 g/mol. The zero-order valence-corrected chi connectivity index (χ0v) is 10.6. The maximum absolute atomic E-state index is 13.6. The summed E-state index contributed by atoms with van der Waals surface area (Å²) in [6, 6.07) is 4.86. The van der Waals surface area contributed by atoms with Gasteiger partial charge in [-0.15, -0.1) is 0 Å². The molecule has 0 atom stereocenters. The lowest BCUT2D eigenvalue weighted by Crippen LogP contribution is -2.41. The van der Waals surface area contributed by atoms with Crippen molar-refractivity contribution in [2.45, 2.75) is 25.3 Å². The van der Waals surface area contributed by atoms with E-state index in [-0.39, 0.29) is 17.5 Å². The third-order valence-electron chi connectivity index (χ3n) is 3.12. The number of benzene rings is 1. The molecule has 0 N–H and O–H groups in total. The molecule has 2 nitrogen and oxygen atoms in total. The maximum Gasteiger partial charge on any atom is 0.257 e. The Balaban J connectivity index is 2.26. The summed E-state index contributed by atoms with van der Waals surface area (Å²) in [6.45, 7) is 0. The first-order valence-corrected chi connectivity index (χ1v) is 6.11. The number of rotatable bonds is 2. The summed E-state index contributed by atoms with van der Waals surface area (Å²) in [7, 11) is 1.74. The summed E-state index contributed by atoms with van der Waals surface area (Å²) >= 11 is 3.22. The number of nitrogens with zero attached hydrogens (tertiary/aromatic N) is 1. The highest BCUT2D eigenvalue weighted by molar-refractivity contribution is 9.10. The number of carbonyl (C=O) groups is 1. The van der Waals surface area contributed by atoms with E-state index >= 15 is 0 Å². The van der Waals surface area contributed by atoms with Crippen LogP contribution in [0.15, 0.2) is 22.7 Å². The van der Waals surface area contributed by atoms with Gasteiger partial charge < -0.3 is 4.90 Å². The van der Waals surface area contributed by atoms with Crippen LogP contribution in [0.3, 0.4) is 0 Å². The number of hydrogen-bond donors (Lipinski definition) is 0. The quantitative estimate of drug-likeness (QED) is 0.817. The molecule has 1 fully saturated rings. The van der Waals surface area contributed by atoms with Crippen LogP contribution in [-0.4, -0.2) is 23.9 Å². The van der Waals surface area contributed by atoms with E-state index in [1.165, 1.54) is 6.07 Å². The molecule has 0 aromatic heterocycles. The highest BCUT2D eigenvalue weighted by Crippen LogP contribution is 2.27. The SMILES string of the molecule is CN(C(=O)c1c(F)cccc1Br)C1CCC1. The van der Waals surface area contributed by atoms with Crippen LogP contribution < -0.4 is 0 Å². The molecule has 1 amide bonds. The van der Waals surface area contributed by atoms with Crippen molar-refractivity contribution >= 4 is 21.8 Å². The minimum Gasteiger partial charge on any atom is -0.339 e.